The van der Waals surface area contributed by atoms with Crippen LogP contribution in [0.2, 0.25) is 0 Å². The predicted octanol–water partition coefficient (Wildman–Crippen LogP) is 30.3. The van der Waals surface area contributed by atoms with Gasteiger partial charge in [-0.3, -0.25) is 0 Å². The Bertz CT molecular complexity index is 8620. The van der Waals surface area contributed by atoms with Crippen LogP contribution in [0, 0.1) is 13.8 Å². The van der Waals surface area contributed by atoms with Gasteiger partial charge < -0.3 is 37.6 Å². The van der Waals surface area contributed by atoms with E-state index in [9.17, 15) is 0 Å². The van der Waals surface area contributed by atoms with Gasteiger partial charge in [-0.15, -0.1) is 22.7 Å². The highest BCUT2D eigenvalue weighted by Gasteiger charge is 2.61. The van der Waals surface area contributed by atoms with E-state index in [1.807, 2.05) is 22.7 Å². The summed E-state index contributed by atoms with van der Waals surface area (Å²) in [6.07, 6.45) is 9.71. The molecule has 12 heterocycles. The first-order valence-corrected chi connectivity index (χ1v) is 50.8. The number of furan rings is 2. The minimum Gasteiger partial charge on any atom is -0.454 e. The number of hydrogen-bond donors (Lipinski definition) is 0. The lowest BCUT2D eigenvalue weighted by Gasteiger charge is -2.50. The van der Waals surface area contributed by atoms with Crippen LogP contribution in [0.25, 0.3) is 118 Å². The van der Waals surface area contributed by atoms with Crippen LogP contribution in [0.3, 0.4) is 0 Å². The summed E-state index contributed by atoms with van der Waals surface area (Å²) in [5, 5.41) is 9.97. The Labute approximate surface area is 794 Å². The molecule has 28 rings (SSSR count). The Morgan fingerprint density at radius 1 is 0.306 bits per heavy atom. The summed E-state index contributed by atoms with van der Waals surface area (Å²) < 4.78 is 24.3. The van der Waals surface area contributed by atoms with Crippen molar-refractivity contribution in [2.24, 2.45) is 0 Å². The number of para-hydroxylation sites is 2. The van der Waals surface area contributed by atoms with Crippen LogP contribution in [0.1, 0.15) is 207 Å². The first kappa shape index (κ1) is 81.1. The van der Waals surface area contributed by atoms with Crippen LogP contribution in [-0.2, 0) is 32.5 Å². The molecule has 0 amide bonds. The third-order valence-corrected chi connectivity index (χ3v) is 36.4. The number of anilines is 10. The van der Waals surface area contributed by atoms with Crippen molar-refractivity contribution in [3.63, 3.8) is 0 Å². The maximum Gasteiger partial charge on any atom is 0.252 e. The quantitative estimate of drug-likeness (QED) is 0.164. The number of hydrogen-bond acceptors (Lipinski definition) is 8. The maximum atomic E-state index is 6.95. The molecule has 0 saturated heterocycles. The third kappa shape index (κ3) is 10.7. The summed E-state index contributed by atoms with van der Waals surface area (Å²) in [6, 6.07) is 99.1. The van der Waals surface area contributed by atoms with E-state index in [-0.39, 0.29) is 57.0 Å². The molecule has 134 heavy (non-hydrogen) atoms. The highest BCUT2D eigenvalue weighted by molar-refractivity contribution is 7.26. The Hall–Kier alpha value is -12.5. The second-order valence-electron chi connectivity index (χ2n) is 45.9. The van der Waals surface area contributed by atoms with Crippen molar-refractivity contribution in [3.8, 4) is 11.4 Å². The smallest absolute Gasteiger partial charge is 0.252 e. The van der Waals surface area contributed by atoms with Crippen LogP contribution in [0.4, 0.5) is 56.9 Å². The average molecular weight is 1780 g/mol. The Morgan fingerprint density at radius 3 is 1.21 bits per heavy atom. The molecule has 14 aromatic carbocycles. The van der Waals surface area contributed by atoms with Gasteiger partial charge in [0.15, 0.2) is 11.2 Å². The predicted molar refractivity (Wildman–Crippen MR) is 575 cm³/mol. The summed E-state index contributed by atoms with van der Waals surface area (Å²) in [5.74, 6) is 0. The molecule has 12 heteroatoms. The van der Waals surface area contributed by atoms with E-state index in [2.05, 4.69) is 408 Å². The second kappa shape index (κ2) is 27.2. The van der Waals surface area contributed by atoms with Gasteiger partial charge in [-0.2, -0.15) is 0 Å². The van der Waals surface area contributed by atoms with Crippen molar-refractivity contribution in [3.05, 3.63) is 299 Å². The number of nitrogens with zero attached hydrogens (tertiary/aromatic N) is 6. The van der Waals surface area contributed by atoms with Crippen LogP contribution in [-0.4, -0.2) is 33.6 Å². The van der Waals surface area contributed by atoms with Crippen LogP contribution >= 0.6 is 22.7 Å². The summed E-state index contributed by atoms with van der Waals surface area (Å²) in [6.45, 7) is 43.2. The fourth-order valence-electron chi connectivity index (χ4n) is 26.9. The van der Waals surface area contributed by atoms with Gasteiger partial charge in [0.2, 0.25) is 0 Å². The van der Waals surface area contributed by atoms with Crippen LogP contribution in [0.5, 0.6) is 0 Å². The van der Waals surface area contributed by atoms with E-state index in [1.54, 1.807) is 0 Å². The monoisotopic (exact) mass is 1780 g/mol. The number of aromatic nitrogens is 2. The standard InChI is InChI=1S/2C61H56BN3OS/c1-35-29-49-53-50(30-35)64-54-42(56-55(64)41-18-10-12-21-51(41)66-56)31-37(59(5,6)7)33-45(54)62(53)44-25-24-38(34-48(44)63(49)47-20-16-19-40-39-17-11-13-22-52(39)67-57(40)47)65-46-26-23-36(58(2,3)4)32-43(46)60(8)27-14-15-28-61(60,65)9;1-35-29-48-54-49(30-35)64-55-41(57-56(64)39-17-10-12-20-50(39)66-57)31-37(59(5,6)7)33-44(55)62(54)43-25-24-38(34-47(43)63(48)46-19-16-22-52-53(46)40-18-11-13-21-51(40)67-52)65-45-26-23-36(58(2,3)4)32-42(45)60(8)27-14-15-28-61(60,65)9/h2*10-13,16-26,29-34H,14-15,27-28H2,1-9H3. The van der Waals surface area contributed by atoms with Crippen molar-refractivity contribution in [1.82, 2.24) is 9.13 Å². The Kier molecular flexibility index (Phi) is 16.5. The lowest BCUT2D eigenvalue weighted by Crippen LogP contribution is -2.60. The third-order valence-electron chi connectivity index (χ3n) is 34.1. The summed E-state index contributed by atoms with van der Waals surface area (Å²) in [5.41, 5.74) is 43.0. The molecule has 8 nitrogen and oxygen atoms in total. The van der Waals surface area contributed by atoms with E-state index in [1.165, 1.54) is 246 Å². The lowest BCUT2D eigenvalue weighted by atomic mass is 9.33. The summed E-state index contributed by atoms with van der Waals surface area (Å²) in [4.78, 5) is 10.9. The van der Waals surface area contributed by atoms with Gasteiger partial charge in [0.25, 0.3) is 13.4 Å². The fraction of sp³-hybridized carbons (Fsp3) is 0.279. The SMILES string of the molecule is Cc1cc2c3c(c1)-n1c4c(cc(C(C)(C)C)cc4c4oc5ccccc5c41)B3c1ccc(N3c4ccc(C(C)(C)C)cc4C4(C)CCCCC34C)cc1N2c1cccc2c1sc1ccccc12.Cc1cc2c3c(c1)-n1c4c(cc(C(C)(C)C)cc4c4oc5ccccc5c41)B3c1ccc(N3c4ccc(C(C)(C)C)cc4C4(C)CCCCC34C)cc1N2c1cccc2sc3ccccc3c12. The second-order valence-corrected chi connectivity index (χ2v) is 48.0. The Balaban J connectivity index is 0.000000136. The largest absolute Gasteiger partial charge is 0.454 e. The number of rotatable bonds is 4. The molecule has 2 fully saturated rings. The molecule has 6 aliphatic heterocycles. The zero-order valence-electron chi connectivity index (χ0n) is 80.4. The maximum absolute atomic E-state index is 6.95. The molecule has 0 bridgehead atoms. The summed E-state index contributed by atoms with van der Waals surface area (Å²) in [7, 11) is 0. The van der Waals surface area contributed by atoms with Gasteiger partial charge in [0.05, 0.1) is 38.2 Å². The minimum atomic E-state index is -0.0845. The normalized spacial score (nSPS) is 19.8. The van der Waals surface area contributed by atoms with Gasteiger partial charge in [-0.25, -0.2) is 0 Å². The molecule has 0 N–H and O–H groups in total. The molecule has 20 aromatic rings. The molecular weight excluding hydrogens is 1670 g/mol. The van der Waals surface area contributed by atoms with Crippen molar-refractivity contribution in [1.29, 1.82) is 0 Å². The molecule has 0 spiro atoms. The van der Waals surface area contributed by atoms with Gasteiger partial charge >= 0.3 is 0 Å². The zero-order valence-corrected chi connectivity index (χ0v) is 82.0. The van der Waals surface area contributed by atoms with Crippen LogP contribution < -0.4 is 52.4 Å². The lowest BCUT2D eigenvalue weighted by molar-refractivity contribution is 0.195. The van der Waals surface area contributed by atoms with Crippen molar-refractivity contribution < 1.29 is 8.83 Å². The molecule has 2 saturated carbocycles. The van der Waals surface area contributed by atoms with Crippen molar-refractivity contribution >= 4 is 232 Å². The van der Waals surface area contributed by atoms with E-state index >= 15 is 0 Å². The van der Waals surface area contributed by atoms with E-state index in [0.29, 0.717) is 0 Å². The topological polar surface area (TPSA) is 49.1 Å². The average Bonchev–Trinajstić information content (AvgIpc) is 1.46. The molecule has 8 aliphatic rings. The van der Waals surface area contributed by atoms with Crippen LogP contribution in [0.15, 0.2) is 264 Å². The zero-order chi connectivity index (χ0) is 91.4. The first-order valence-electron chi connectivity index (χ1n) is 49.2. The highest BCUT2D eigenvalue weighted by atomic mass is 32.1. The molecule has 4 atom stereocenters. The molecule has 4 unspecified atom stereocenters. The number of benzene rings is 14. The summed E-state index contributed by atoms with van der Waals surface area (Å²) >= 11 is 3.82. The molecule has 6 aromatic heterocycles. The minimum absolute atomic E-state index is 0.00244. The number of thiophene rings is 2. The number of fused-ring (bicyclic) bond motifs is 30. The van der Waals surface area contributed by atoms with E-state index in [0.717, 1.165) is 57.0 Å². The number of aryl methyl sites for hydroxylation is 2. The first-order chi connectivity index (χ1) is 64.3. The van der Waals surface area contributed by atoms with Gasteiger partial charge in [-0.05, 0) is 280 Å². The van der Waals surface area contributed by atoms with Gasteiger partial charge in [0.1, 0.15) is 22.2 Å². The highest BCUT2D eigenvalue weighted by Crippen LogP contribution is 2.65. The van der Waals surface area contributed by atoms with Crippen molar-refractivity contribution in [2.75, 3.05) is 19.6 Å². The molecule has 660 valence electrons. The van der Waals surface area contributed by atoms with Crippen molar-refractivity contribution in [2.45, 2.75) is 220 Å². The van der Waals surface area contributed by atoms with E-state index in [4.69, 9.17) is 8.83 Å². The molecular formula is C122H112B2N6O2S2. The Morgan fingerprint density at radius 2 is 0.716 bits per heavy atom. The molecule has 0 radical (unpaired) electrons. The molecule has 2 aliphatic carbocycles. The fourth-order valence-corrected chi connectivity index (χ4v) is 29.2. The van der Waals surface area contributed by atoms with Gasteiger partial charge in [-0.1, -0.05) is 250 Å². The van der Waals surface area contributed by atoms with Gasteiger partial charge in [0, 0.05) is 125 Å². The van der Waals surface area contributed by atoms with E-state index < -0.39 is 0 Å².